The standard InChI is InChI=1S/C59H115NO5/c1-3-5-7-9-11-13-15-16-30-33-37-41-45-49-53-59(64)65-54-50-46-42-38-34-31-28-26-24-22-20-18-17-19-21-23-25-27-29-32-36-40-44-48-52-58(63)60-56(55-61)57(62)51-47-43-39-35-14-12-10-8-6-4-2/h15-16,56-57,61-62H,3-14,17-55H2,1-2H3,(H,60,63)/b16-15-. The van der Waals surface area contributed by atoms with Gasteiger partial charge in [0.2, 0.25) is 5.91 Å². The molecule has 1 amide bonds. The quantitative estimate of drug-likeness (QED) is 0.0321. The van der Waals surface area contributed by atoms with E-state index in [4.69, 9.17) is 4.74 Å². The van der Waals surface area contributed by atoms with Gasteiger partial charge in [-0.05, 0) is 51.4 Å². The van der Waals surface area contributed by atoms with Gasteiger partial charge >= 0.3 is 5.97 Å². The second-order valence-corrected chi connectivity index (χ2v) is 20.3. The molecule has 0 saturated heterocycles. The van der Waals surface area contributed by atoms with E-state index in [9.17, 15) is 19.8 Å². The average Bonchev–Trinajstić information content (AvgIpc) is 3.31. The van der Waals surface area contributed by atoms with Crippen LogP contribution in [0.5, 0.6) is 0 Å². The van der Waals surface area contributed by atoms with Crippen LogP contribution < -0.4 is 5.32 Å². The predicted octanol–water partition coefficient (Wildman–Crippen LogP) is 18.1. The number of unbranched alkanes of at least 4 members (excludes halogenated alkanes) is 42. The van der Waals surface area contributed by atoms with Gasteiger partial charge in [0.05, 0.1) is 25.4 Å². The van der Waals surface area contributed by atoms with E-state index in [2.05, 4.69) is 31.3 Å². The number of rotatable bonds is 55. The molecule has 0 fully saturated rings. The van der Waals surface area contributed by atoms with Gasteiger partial charge in [-0.2, -0.15) is 0 Å². The van der Waals surface area contributed by atoms with Gasteiger partial charge in [0.1, 0.15) is 0 Å². The van der Waals surface area contributed by atoms with Crippen LogP contribution >= 0.6 is 0 Å². The van der Waals surface area contributed by atoms with Crippen molar-refractivity contribution >= 4 is 11.9 Å². The molecule has 0 aromatic carbocycles. The molecule has 2 unspecified atom stereocenters. The van der Waals surface area contributed by atoms with Crippen molar-refractivity contribution in [3.63, 3.8) is 0 Å². The third kappa shape index (κ3) is 51.8. The van der Waals surface area contributed by atoms with Gasteiger partial charge in [-0.15, -0.1) is 0 Å². The summed E-state index contributed by atoms with van der Waals surface area (Å²) in [5.41, 5.74) is 0. The molecular weight excluding hydrogens is 803 g/mol. The van der Waals surface area contributed by atoms with Crippen molar-refractivity contribution in [2.45, 2.75) is 341 Å². The molecule has 0 rings (SSSR count). The molecule has 0 heterocycles. The topological polar surface area (TPSA) is 95.9 Å². The number of hydrogen-bond acceptors (Lipinski definition) is 5. The Balaban J connectivity index is 3.33. The molecule has 0 aliphatic rings. The molecule has 0 spiro atoms. The summed E-state index contributed by atoms with van der Waals surface area (Å²) in [6.07, 6.45) is 65.1. The highest BCUT2D eigenvalue weighted by molar-refractivity contribution is 5.76. The largest absolute Gasteiger partial charge is 0.466 e. The highest BCUT2D eigenvalue weighted by Crippen LogP contribution is 2.18. The van der Waals surface area contributed by atoms with Crippen molar-refractivity contribution in [2.75, 3.05) is 13.2 Å². The molecule has 65 heavy (non-hydrogen) atoms. The molecule has 6 heteroatoms. The summed E-state index contributed by atoms with van der Waals surface area (Å²) >= 11 is 0. The lowest BCUT2D eigenvalue weighted by molar-refractivity contribution is -0.143. The van der Waals surface area contributed by atoms with Gasteiger partial charge in [0.25, 0.3) is 0 Å². The summed E-state index contributed by atoms with van der Waals surface area (Å²) in [6, 6.07) is -0.538. The Morgan fingerprint density at radius 1 is 0.415 bits per heavy atom. The fourth-order valence-electron chi connectivity index (χ4n) is 9.28. The Bertz CT molecular complexity index is 970. The van der Waals surface area contributed by atoms with Crippen LogP contribution in [-0.2, 0) is 14.3 Å². The number of carbonyl (C=O) groups excluding carboxylic acids is 2. The highest BCUT2D eigenvalue weighted by Gasteiger charge is 2.20. The van der Waals surface area contributed by atoms with Gasteiger partial charge < -0.3 is 20.3 Å². The molecule has 0 bridgehead atoms. The summed E-state index contributed by atoms with van der Waals surface area (Å²) in [4.78, 5) is 24.5. The first-order valence-corrected chi connectivity index (χ1v) is 29.4. The monoisotopic (exact) mass is 918 g/mol. The fraction of sp³-hybridized carbons (Fsp3) is 0.932. The lowest BCUT2D eigenvalue weighted by Gasteiger charge is -2.22. The Kier molecular flexibility index (Phi) is 54.0. The van der Waals surface area contributed by atoms with E-state index in [1.165, 1.54) is 250 Å². The van der Waals surface area contributed by atoms with Crippen LogP contribution in [0.4, 0.5) is 0 Å². The smallest absolute Gasteiger partial charge is 0.305 e. The van der Waals surface area contributed by atoms with Crippen LogP contribution in [0, 0.1) is 0 Å². The number of nitrogens with one attached hydrogen (secondary N) is 1. The Hall–Kier alpha value is -1.40. The first kappa shape index (κ1) is 63.6. The van der Waals surface area contributed by atoms with Gasteiger partial charge in [-0.25, -0.2) is 0 Å². The van der Waals surface area contributed by atoms with E-state index in [0.717, 1.165) is 44.9 Å². The lowest BCUT2D eigenvalue weighted by atomic mass is 10.0. The first-order chi connectivity index (χ1) is 32.0. The van der Waals surface area contributed by atoms with Crippen LogP contribution in [0.2, 0.25) is 0 Å². The number of amides is 1. The van der Waals surface area contributed by atoms with Gasteiger partial charge in [-0.1, -0.05) is 276 Å². The summed E-state index contributed by atoms with van der Waals surface area (Å²) in [7, 11) is 0. The lowest BCUT2D eigenvalue weighted by Crippen LogP contribution is -2.45. The van der Waals surface area contributed by atoms with Crippen molar-refractivity contribution in [3.05, 3.63) is 12.2 Å². The second kappa shape index (κ2) is 55.2. The molecule has 0 aromatic heterocycles. The minimum absolute atomic E-state index is 0.00719. The molecule has 0 aliphatic carbocycles. The molecule has 2 atom stereocenters. The molecule has 6 nitrogen and oxygen atoms in total. The fourth-order valence-corrected chi connectivity index (χ4v) is 9.28. The van der Waals surface area contributed by atoms with E-state index in [1.54, 1.807) is 0 Å². The third-order valence-corrected chi connectivity index (χ3v) is 13.8. The molecule has 0 saturated carbocycles. The van der Waals surface area contributed by atoms with Gasteiger partial charge in [0.15, 0.2) is 0 Å². The van der Waals surface area contributed by atoms with E-state index in [-0.39, 0.29) is 18.5 Å². The zero-order valence-electron chi connectivity index (χ0n) is 44.0. The predicted molar refractivity (Wildman–Crippen MR) is 283 cm³/mol. The van der Waals surface area contributed by atoms with E-state index in [0.29, 0.717) is 25.9 Å². The van der Waals surface area contributed by atoms with Crippen molar-refractivity contribution < 1.29 is 24.5 Å². The molecule has 0 aromatic rings. The molecule has 386 valence electrons. The number of aliphatic hydroxyl groups excluding tert-OH is 2. The van der Waals surface area contributed by atoms with Crippen molar-refractivity contribution in [3.8, 4) is 0 Å². The molecule has 0 radical (unpaired) electrons. The summed E-state index contributed by atoms with van der Waals surface area (Å²) in [6.45, 7) is 4.94. The number of esters is 1. The average molecular weight is 919 g/mol. The minimum atomic E-state index is -0.660. The van der Waals surface area contributed by atoms with Crippen molar-refractivity contribution in [1.82, 2.24) is 5.32 Å². The van der Waals surface area contributed by atoms with Crippen LogP contribution in [0.1, 0.15) is 328 Å². The maximum Gasteiger partial charge on any atom is 0.305 e. The Morgan fingerprint density at radius 3 is 1.09 bits per heavy atom. The van der Waals surface area contributed by atoms with Crippen molar-refractivity contribution in [1.29, 1.82) is 0 Å². The molecule has 3 N–H and O–H groups in total. The number of aliphatic hydroxyl groups is 2. The second-order valence-electron chi connectivity index (χ2n) is 20.3. The number of carbonyl (C=O) groups is 2. The summed E-state index contributed by atoms with van der Waals surface area (Å²) < 4.78 is 5.48. The normalized spacial score (nSPS) is 12.6. The summed E-state index contributed by atoms with van der Waals surface area (Å²) in [5, 5.41) is 23.1. The van der Waals surface area contributed by atoms with Gasteiger partial charge in [-0.3, -0.25) is 9.59 Å². The SMILES string of the molecule is CCCCCCC/C=C\CCCCCCCC(=O)OCCCCCCCCCCCCCCCCCCCCCCCCCCC(=O)NC(CO)C(O)CCCCCCCCCCCC. The maximum absolute atomic E-state index is 12.4. The Morgan fingerprint density at radius 2 is 0.723 bits per heavy atom. The number of allylic oxidation sites excluding steroid dienone is 2. The third-order valence-electron chi connectivity index (χ3n) is 13.8. The maximum atomic E-state index is 12.4. The van der Waals surface area contributed by atoms with Crippen LogP contribution in [-0.4, -0.2) is 47.4 Å². The Labute approximate surface area is 406 Å². The zero-order chi connectivity index (χ0) is 47.2. The highest BCUT2D eigenvalue weighted by atomic mass is 16.5. The van der Waals surface area contributed by atoms with E-state index >= 15 is 0 Å². The number of ether oxygens (including phenoxy) is 1. The van der Waals surface area contributed by atoms with Crippen molar-refractivity contribution in [2.24, 2.45) is 0 Å². The first-order valence-electron chi connectivity index (χ1n) is 29.4. The van der Waals surface area contributed by atoms with Gasteiger partial charge in [0, 0.05) is 12.8 Å². The van der Waals surface area contributed by atoms with Crippen LogP contribution in [0.3, 0.4) is 0 Å². The molecular formula is C59H115NO5. The minimum Gasteiger partial charge on any atom is -0.466 e. The zero-order valence-corrected chi connectivity index (χ0v) is 44.0. The van der Waals surface area contributed by atoms with E-state index < -0.39 is 12.1 Å². The van der Waals surface area contributed by atoms with Crippen LogP contribution in [0.25, 0.3) is 0 Å². The summed E-state index contributed by atoms with van der Waals surface area (Å²) in [5.74, 6) is -0.0272. The van der Waals surface area contributed by atoms with E-state index in [1.807, 2.05) is 0 Å². The number of hydrogen-bond donors (Lipinski definition) is 3. The molecule has 0 aliphatic heterocycles. The van der Waals surface area contributed by atoms with Crippen LogP contribution in [0.15, 0.2) is 12.2 Å².